The van der Waals surface area contributed by atoms with Gasteiger partial charge in [-0.25, -0.2) is 9.98 Å². The Balaban J connectivity index is 1.88. The van der Waals surface area contributed by atoms with Gasteiger partial charge in [-0.3, -0.25) is 5.32 Å². The number of benzene rings is 1. The zero-order valence-corrected chi connectivity index (χ0v) is 13.8. The van der Waals surface area contributed by atoms with Crippen LogP contribution in [0.15, 0.2) is 23.2 Å². The van der Waals surface area contributed by atoms with E-state index >= 15 is 0 Å². The molecule has 0 fully saturated rings. The van der Waals surface area contributed by atoms with Gasteiger partial charge in [0.05, 0.1) is 5.69 Å². The quantitative estimate of drug-likeness (QED) is 0.419. The topological polar surface area (TPSA) is 167 Å². The molecule has 12 heteroatoms. The maximum absolute atomic E-state index is 13.3. The fourth-order valence-corrected chi connectivity index (χ4v) is 2.96. The molecule has 2 aromatic rings. The molecule has 28 heavy (non-hydrogen) atoms. The molecular weight excluding hydrogens is 374 g/mol. The third-order valence-corrected chi connectivity index (χ3v) is 4.10. The predicted octanol–water partition coefficient (Wildman–Crippen LogP) is 1.38. The lowest BCUT2D eigenvalue weighted by Gasteiger charge is -2.26. The number of aliphatic imine (C=N–C) groups is 1. The van der Waals surface area contributed by atoms with E-state index in [1.807, 2.05) is 6.07 Å². The van der Waals surface area contributed by atoms with Crippen LogP contribution >= 0.6 is 0 Å². The largest absolute Gasteiger partial charge is 0.586 e. The van der Waals surface area contributed by atoms with Crippen molar-refractivity contribution < 1.29 is 18.3 Å². The van der Waals surface area contributed by atoms with Crippen LogP contribution in [0.3, 0.4) is 0 Å². The molecule has 0 bridgehead atoms. The van der Waals surface area contributed by atoms with Crippen molar-refractivity contribution >= 4 is 23.3 Å². The van der Waals surface area contributed by atoms with Crippen LogP contribution in [0.2, 0.25) is 0 Å². The van der Waals surface area contributed by atoms with E-state index in [-0.39, 0.29) is 40.3 Å². The van der Waals surface area contributed by atoms with Crippen LogP contribution in [-0.4, -0.2) is 17.2 Å². The minimum atomic E-state index is -3.77. The Hall–Kier alpha value is -4.32. The highest BCUT2D eigenvalue weighted by atomic mass is 19.3. The average molecular weight is 384 g/mol. The van der Waals surface area contributed by atoms with Crippen molar-refractivity contribution in [1.29, 1.82) is 10.5 Å². The first-order valence-corrected chi connectivity index (χ1v) is 7.71. The number of anilines is 3. The van der Waals surface area contributed by atoms with Gasteiger partial charge in [0.1, 0.15) is 29.3 Å². The van der Waals surface area contributed by atoms with Gasteiger partial charge in [-0.1, -0.05) is 6.07 Å². The third-order valence-electron chi connectivity index (χ3n) is 4.10. The number of hydrogen-bond donors (Lipinski definition) is 4. The molecule has 1 aromatic heterocycles. The third kappa shape index (κ3) is 2.60. The van der Waals surface area contributed by atoms with Crippen molar-refractivity contribution in [2.75, 3.05) is 16.8 Å². The summed E-state index contributed by atoms with van der Waals surface area (Å²) in [4.78, 5) is 8.44. The van der Waals surface area contributed by atoms with Gasteiger partial charge < -0.3 is 26.3 Å². The number of nitrogen functional groups attached to an aromatic ring is 2. The Bertz CT molecular complexity index is 1120. The van der Waals surface area contributed by atoms with E-state index < -0.39 is 12.3 Å². The molecule has 1 atom stereocenters. The number of fused-ring (bicyclic) bond motifs is 2. The van der Waals surface area contributed by atoms with E-state index in [4.69, 9.17) is 16.7 Å². The van der Waals surface area contributed by atoms with Crippen LogP contribution in [0, 0.1) is 22.8 Å². The molecule has 0 spiro atoms. The molecule has 10 nitrogen and oxygen atoms in total. The van der Waals surface area contributed by atoms with Crippen molar-refractivity contribution in [3.05, 3.63) is 34.9 Å². The van der Waals surface area contributed by atoms with Gasteiger partial charge in [-0.2, -0.15) is 10.5 Å². The Morgan fingerprint density at radius 1 is 1.21 bits per heavy atom. The second kappa shape index (κ2) is 5.85. The zero-order valence-electron chi connectivity index (χ0n) is 13.8. The van der Waals surface area contributed by atoms with Crippen molar-refractivity contribution in [1.82, 2.24) is 10.3 Å². The highest BCUT2D eigenvalue weighted by molar-refractivity contribution is 5.98. The molecule has 0 aliphatic carbocycles. The number of ether oxygens (including phenoxy) is 2. The SMILES string of the molecule is N#CNC1=NC(c2ccc3c(c2)OC(F)(F)O3)c2c(nc(N)c(C#N)c2N)N1. The summed E-state index contributed by atoms with van der Waals surface area (Å²) in [6.07, 6.45) is -2.06. The lowest BCUT2D eigenvalue weighted by molar-refractivity contribution is -0.286. The van der Waals surface area contributed by atoms with Crippen LogP contribution in [0.4, 0.5) is 26.1 Å². The number of aromatic nitrogens is 1. The molecule has 1 unspecified atom stereocenters. The number of guanidine groups is 1. The van der Waals surface area contributed by atoms with Crippen molar-refractivity contribution in [3.8, 4) is 23.8 Å². The molecule has 0 amide bonds. The Labute approximate surface area is 156 Å². The molecule has 0 saturated carbocycles. The smallest absolute Gasteiger partial charge is 0.397 e. The maximum atomic E-state index is 13.3. The summed E-state index contributed by atoms with van der Waals surface area (Å²) in [5.74, 6) is -0.208. The van der Waals surface area contributed by atoms with E-state index in [2.05, 4.69) is 30.1 Å². The van der Waals surface area contributed by atoms with E-state index in [0.29, 0.717) is 11.1 Å². The number of rotatable bonds is 1. The molecule has 2 aliphatic rings. The summed E-state index contributed by atoms with van der Waals surface area (Å²) >= 11 is 0. The van der Waals surface area contributed by atoms with Gasteiger partial charge in [0, 0.05) is 5.56 Å². The molecule has 4 rings (SSSR count). The number of nitriles is 2. The number of halogens is 2. The lowest BCUT2D eigenvalue weighted by Crippen LogP contribution is -2.32. The van der Waals surface area contributed by atoms with Crippen molar-refractivity contribution in [3.63, 3.8) is 0 Å². The first kappa shape index (κ1) is 17.1. The van der Waals surface area contributed by atoms with Gasteiger partial charge >= 0.3 is 6.29 Å². The number of pyridine rings is 1. The fraction of sp³-hybridized carbons (Fsp3) is 0.125. The molecule has 0 saturated heterocycles. The van der Waals surface area contributed by atoms with Crippen LogP contribution in [0.25, 0.3) is 0 Å². The van der Waals surface area contributed by atoms with Gasteiger partial charge in [0.2, 0.25) is 5.96 Å². The summed E-state index contributed by atoms with van der Waals surface area (Å²) in [6.45, 7) is 0. The summed E-state index contributed by atoms with van der Waals surface area (Å²) in [7, 11) is 0. The summed E-state index contributed by atoms with van der Waals surface area (Å²) < 4.78 is 35.5. The molecular formula is C16H10F2N8O2. The van der Waals surface area contributed by atoms with E-state index in [9.17, 15) is 14.0 Å². The van der Waals surface area contributed by atoms with E-state index in [1.165, 1.54) is 18.2 Å². The van der Waals surface area contributed by atoms with E-state index in [1.54, 1.807) is 6.19 Å². The van der Waals surface area contributed by atoms with Crippen LogP contribution in [0.5, 0.6) is 11.5 Å². The fourth-order valence-electron chi connectivity index (χ4n) is 2.96. The number of nitrogens with zero attached hydrogens (tertiary/aromatic N) is 4. The van der Waals surface area contributed by atoms with Crippen LogP contribution < -0.4 is 31.6 Å². The van der Waals surface area contributed by atoms with Gasteiger partial charge in [-0.15, -0.1) is 8.78 Å². The Morgan fingerprint density at radius 3 is 2.68 bits per heavy atom. The van der Waals surface area contributed by atoms with Gasteiger partial charge in [0.25, 0.3) is 0 Å². The minimum absolute atomic E-state index is 0.0326. The number of nitrogens with one attached hydrogen (secondary N) is 2. The summed E-state index contributed by atoms with van der Waals surface area (Å²) in [5.41, 5.74) is 12.6. The minimum Gasteiger partial charge on any atom is -0.397 e. The molecule has 6 N–H and O–H groups in total. The molecule has 2 aliphatic heterocycles. The second-order valence-electron chi connectivity index (χ2n) is 5.78. The van der Waals surface area contributed by atoms with E-state index in [0.717, 1.165) is 0 Å². The monoisotopic (exact) mass is 384 g/mol. The highest BCUT2D eigenvalue weighted by Crippen LogP contribution is 2.45. The maximum Gasteiger partial charge on any atom is 0.586 e. The number of alkyl halides is 2. The Morgan fingerprint density at radius 2 is 1.96 bits per heavy atom. The van der Waals surface area contributed by atoms with Crippen LogP contribution in [0.1, 0.15) is 22.7 Å². The normalized spacial score (nSPS) is 18.1. The molecule has 140 valence electrons. The predicted molar refractivity (Wildman–Crippen MR) is 92.1 cm³/mol. The summed E-state index contributed by atoms with van der Waals surface area (Å²) in [6, 6.07) is 5.09. The molecule has 0 radical (unpaired) electrons. The first-order valence-electron chi connectivity index (χ1n) is 7.71. The van der Waals surface area contributed by atoms with Crippen LogP contribution in [-0.2, 0) is 0 Å². The van der Waals surface area contributed by atoms with Crippen molar-refractivity contribution in [2.24, 2.45) is 4.99 Å². The highest BCUT2D eigenvalue weighted by Gasteiger charge is 2.44. The van der Waals surface area contributed by atoms with Gasteiger partial charge in [0.15, 0.2) is 17.7 Å². The second-order valence-corrected chi connectivity index (χ2v) is 5.78. The molecule has 3 heterocycles. The summed E-state index contributed by atoms with van der Waals surface area (Å²) in [5, 5.41) is 23.3. The zero-order chi connectivity index (χ0) is 20.1. The number of hydrogen-bond acceptors (Lipinski definition) is 10. The Kier molecular flexibility index (Phi) is 3.58. The molecule has 1 aromatic carbocycles. The van der Waals surface area contributed by atoms with Crippen molar-refractivity contribution in [2.45, 2.75) is 12.3 Å². The first-order chi connectivity index (χ1) is 13.3. The van der Waals surface area contributed by atoms with Gasteiger partial charge in [-0.05, 0) is 17.7 Å². The lowest BCUT2D eigenvalue weighted by atomic mass is 9.95. The standard InChI is InChI=1S/C16H10F2N8O2/c17-16(18)27-8-2-1-6(3-9(8)28-16)12-10-11(21)7(4-19)13(22)25-14(10)26-15(24-12)23-5-20/h1-3,12H,(H6,21,22,23,24,25,26). The average Bonchev–Trinajstić information content (AvgIpc) is 2.94. The number of nitrogens with two attached hydrogens (primary N) is 2.